The molecule has 2 heterocycles. The second-order valence-corrected chi connectivity index (χ2v) is 10.6. The van der Waals surface area contributed by atoms with E-state index >= 15 is 0 Å². The standard InChI is InChI=1S/C33H34N2/c1-22-14-9-11-20-28(22)34-25(4)31-33(5,26-17-7-6-8-18-26)27-19-10-12-21-29(27)35(31)32(34)30-23(2)15-13-16-24(30)3/h6-21,25,31-32H,1-5H3/t25-,31?,32?,33?/m0/s1. The Hall–Kier alpha value is -3.52. The highest BCUT2D eigenvalue weighted by Gasteiger charge is 2.60. The molecular weight excluding hydrogens is 424 g/mol. The lowest BCUT2D eigenvalue weighted by Gasteiger charge is -2.37. The van der Waals surface area contributed by atoms with E-state index in [0.717, 1.165) is 0 Å². The van der Waals surface area contributed by atoms with E-state index in [1.54, 1.807) is 0 Å². The van der Waals surface area contributed by atoms with Gasteiger partial charge in [-0.1, -0.05) is 84.9 Å². The Morgan fingerprint density at radius 1 is 0.600 bits per heavy atom. The van der Waals surface area contributed by atoms with Crippen molar-refractivity contribution in [3.63, 3.8) is 0 Å². The van der Waals surface area contributed by atoms with Gasteiger partial charge in [-0.15, -0.1) is 0 Å². The lowest BCUT2D eigenvalue weighted by molar-refractivity contribution is 0.441. The van der Waals surface area contributed by atoms with E-state index in [4.69, 9.17) is 0 Å². The van der Waals surface area contributed by atoms with Gasteiger partial charge in [0.25, 0.3) is 0 Å². The van der Waals surface area contributed by atoms with Crippen molar-refractivity contribution in [3.05, 3.63) is 130 Å². The Bertz CT molecular complexity index is 1370. The molecule has 0 amide bonds. The zero-order chi connectivity index (χ0) is 24.3. The third kappa shape index (κ3) is 3.02. The molecule has 0 radical (unpaired) electrons. The quantitative estimate of drug-likeness (QED) is 0.310. The topological polar surface area (TPSA) is 6.48 Å². The Kier molecular flexibility index (Phi) is 5.03. The van der Waals surface area contributed by atoms with E-state index in [1.165, 1.54) is 44.8 Å². The summed E-state index contributed by atoms with van der Waals surface area (Å²) >= 11 is 0. The average Bonchev–Trinajstić information content (AvgIpc) is 3.31. The summed E-state index contributed by atoms with van der Waals surface area (Å²) in [5.41, 5.74) is 10.9. The van der Waals surface area contributed by atoms with E-state index in [0.29, 0.717) is 12.1 Å². The molecule has 2 heteroatoms. The number of benzene rings is 4. The van der Waals surface area contributed by atoms with Crippen LogP contribution in [0.5, 0.6) is 0 Å². The number of fused-ring (bicyclic) bond motifs is 3. The fourth-order valence-corrected chi connectivity index (χ4v) is 7.06. The van der Waals surface area contributed by atoms with E-state index in [-0.39, 0.29) is 11.6 Å². The highest BCUT2D eigenvalue weighted by Crippen LogP contribution is 2.59. The first kappa shape index (κ1) is 22.0. The molecule has 2 aliphatic rings. The highest BCUT2D eigenvalue weighted by molar-refractivity contribution is 5.75. The first-order valence-electron chi connectivity index (χ1n) is 12.8. The van der Waals surface area contributed by atoms with Crippen LogP contribution in [0.1, 0.15) is 53.4 Å². The van der Waals surface area contributed by atoms with E-state index in [2.05, 4.69) is 141 Å². The number of nitrogens with zero attached hydrogens (tertiary/aromatic N) is 2. The summed E-state index contributed by atoms with van der Waals surface area (Å²) in [6, 6.07) is 36.5. The fraction of sp³-hybridized carbons (Fsp3) is 0.273. The highest BCUT2D eigenvalue weighted by atomic mass is 15.5. The first-order valence-corrected chi connectivity index (χ1v) is 12.8. The summed E-state index contributed by atoms with van der Waals surface area (Å²) in [5.74, 6) is 0. The molecule has 0 aromatic heterocycles. The fourth-order valence-electron chi connectivity index (χ4n) is 7.06. The van der Waals surface area contributed by atoms with Gasteiger partial charge in [0.05, 0.1) is 12.1 Å². The molecule has 6 rings (SSSR count). The van der Waals surface area contributed by atoms with E-state index in [9.17, 15) is 0 Å². The molecule has 3 unspecified atom stereocenters. The second-order valence-electron chi connectivity index (χ2n) is 10.6. The summed E-state index contributed by atoms with van der Waals surface area (Å²) in [4.78, 5) is 5.45. The zero-order valence-corrected chi connectivity index (χ0v) is 21.4. The van der Waals surface area contributed by atoms with E-state index < -0.39 is 0 Å². The van der Waals surface area contributed by atoms with Gasteiger partial charge in [0.1, 0.15) is 6.17 Å². The second kappa shape index (κ2) is 8.02. The number of rotatable bonds is 3. The maximum absolute atomic E-state index is 2.74. The molecular formula is C33H34N2. The van der Waals surface area contributed by atoms with Crippen LogP contribution in [0.2, 0.25) is 0 Å². The maximum atomic E-state index is 2.74. The van der Waals surface area contributed by atoms with Crippen LogP contribution >= 0.6 is 0 Å². The summed E-state index contributed by atoms with van der Waals surface area (Å²) < 4.78 is 0. The third-order valence-corrected chi connectivity index (χ3v) is 8.62. The van der Waals surface area contributed by atoms with Crippen molar-refractivity contribution in [2.45, 2.75) is 58.3 Å². The van der Waals surface area contributed by atoms with E-state index in [1.807, 2.05) is 0 Å². The summed E-state index contributed by atoms with van der Waals surface area (Å²) in [7, 11) is 0. The van der Waals surface area contributed by atoms with Crippen LogP contribution in [0, 0.1) is 20.8 Å². The first-order chi connectivity index (χ1) is 16.9. The molecule has 0 aliphatic carbocycles. The van der Waals surface area contributed by atoms with Crippen molar-refractivity contribution in [2.24, 2.45) is 0 Å². The number of anilines is 2. The molecule has 4 aromatic rings. The SMILES string of the molecule is Cc1ccccc1N1C(c2c(C)cccc2C)N2c3ccccc3C(C)(c3ccccc3)C2[C@@H]1C. The summed E-state index contributed by atoms with van der Waals surface area (Å²) in [6.45, 7) is 11.7. The van der Waals surface area contributed by atoms with Gasteiger partial charge in [0.2, 0.25) is 0 Å². The van der Waals surface area contributed by atoms with Crippen molar-refractivity contribution in [2.75, 3.05) is 9.80 Å². The molecule has 0 saturated carbocycles. The van der Waals surface area contributed by atoms with Gasteiger partial charge in [-0.05, 0) is 74.6 Å². The predicted molar refractivity (Wildman–Crippen MR) is 147 cm³/mol. The number of aryl methyl sites for hydroxylation is 3. The lowest BCUT2D eigenvalue weighted by atomic mass is 9.71. The monoisotopic (exact) mass is 458 g/mol. The number of hydrogen-bond donors (Lipinski definition) is 0. The van der Waals surface area contributed by atoms with Gasteiger partial charge in [-0.3, -0.25) is 0 Å². The van der Waals surface area contributed by atoms with Gasteiger partial charge in [0, 0.05) is 22.4 Å². The molecule has 4 atom stereocenters. The van der Waals surface area contributed by atoms with Crippen molar-refractivity contribution >= 4 is 11.4 Å². The maximum Gasteiger partial charge on any atom is 0.129 e. The molecule has 1 fully saturated rings. The molecule has 176 valence electrons. The van der Waals surface area contributed by atoms with Gasteiger partial charge in [-0.25, -0.2) is 0 Å². The van der Waals surface area contributed by atoms with Crippen LogP contribution < -0.4 is 9.80 Å². The lowest BCUT2D eigenvalue weighted by Crippen LogP contribution is -2.46. The van der Waals surface area contributed by atoms with Crippen molar-refractivity contribution < 1.29 is 0 Å². The molecule has 35 heavy (non-hydrogen) atoms. The summed E-state index contributed by atoms with van der Waals surface area (Å²) in [5, 5.41) is 0. The van der Waals surface area contributed by atoms with Gasteiger partial charge in [0.15, 0.2) is 0 Å². The molecule has 2 nitrogen and oxygen atoms in total. The molecule has 0 N–H and O–H groups in total. The van der Waals surface area contributed by atoms with Gasteiger partial charge < -0.3 is 9.80 Å². The van der Waals surface area contributed by atoms with Gasteiger partial charge >= 0.3 is 0 Å². The minimum atomic E-state index is -0.121. The van der Waals surface area contributed by atoms with Crippen LogP contribution in [0.25, 0.3) is 0 Å². The smallest absolute Gasteiger partial charge is 0.129 e. The molecule has 4 aromatic carbocycles. The number of para-hydroxylation sites is 2. The predicted octanol–water partition coefficient (Wildman–Crippen LogP) is 7.71. The van der Waals surface area contributed by atoms with Crippen molar-refractivity contribution in [3.8, 4) is 0 Å². The minimum absolute atomic E-state index is 0.121. The van der Waals surface area contributed by atoms with Crippen LogP contribution in [-0.4, -0.2) is 12.1 Å². The molecule has 0 bridgehead atoms. The van der Waals surface area contributed by atoms with Crippen LogP contribution in [0.3, 0.4) is 0 Å². The largest absolute Gasteiger partial charge is 0.342 e. The van der Waals surface area contributed by atoms with Crippen molar-refractivity contribution in [1.29, 1.82) is 0 Å². The Morgan fingerprint density at radius 2 is 1.17 bits per heavy atom. The third-order valence-electron chi connectivity index (χ3n) is 8.62. The normalized spacial score (nSPS) is 25.0. The van der Waals surface area contributed by atoms with Crippen LogP contribution in [0.4, 0.5) is 11.4 Å². The van der Waals surface area contributed by atoms with Gasteiger partial charge in [-0.2, -0.15) is 0 Å². The molecule has 1 saturated heterocycles. The van der Waals surface area contributed by atoms with Crippen LogP contribution in [-0.2, 0) is 5.41 Å². The molecule has 0 spiro atoms. The zero-order valence-electron chi connectivity index (χ0n) is 21.4. The number of hydrogen-bond acceptors (Lipinski definition) is 2. The summed E-state index contributed by atoms with van der Waals surface area (Å²) in [6.07, 6.45) is 0.129. The average molecular weight is 459 g/mol. The minimum Gasteiger partial charge on any atom is -0.342 e. The molecule has 2 aliphatic heterocycles. The Morgan fingerprint density at radius 3 is 1.86 bits per heavy atom. The Balaban J connectivity index is 1.67. The van der Waals surface area contributed by atoms with Crippen molar-refractivity contribution in [1.82, 2.24) is 0 Å². The Labute approximate surface area is 209 Å². The van der Waals surface area contributed by atoms with Crippen LogP contribution in [0.15, 0.2) is 97.1 Å².